The molecule has 1 aliphatic carbocycles. The van der Waals surface area contributed by atoms with Crippen molar-refractivity contribution < 1.29 is 9.47 Å². The summed E-state index contributed by atoms with van der Waals surface area (Å²) in [6.45, 7) is 11.1. The minimum atomic E-state index is 0.204. The molecule has 0 spiro atoms. The summed E-state index contributed by atoms with van der Waals surface area (Å²) in [5.41, 5.74) is 6.58. The molecule has 0 aliphatic heterocycles. The lowest BCUT2D eigenvalue weighted by molar-refractivity contribution is -0.0426. The van der Waals surface area contributed by atoms with Gasteiger partial charge in [0.1, 0.15) is 0 Å². The minimum Gasteiger partial charge on any atom is -0.379 e. The van der Waals surface area contributed by atoms with Crippen LogP contribution in [0.1, 0.15) is 53.4 Å². The lowest BCUT2D eigenvalue weighted by Gasteiger charge is -2.41. The van der Waals surface area contributed by atoms with Crippen LogP contribution >= 0.6 is 0 Å². The molecular weight excluding hydrogens is 226 g/mol. The summed E-state index contributed by atoms with van der Waals surface area (Å²) in [6, 6.07) is 0.204. The van der Waals surface area contributed by atoms with Crippen molar-refractivity contribution in [3.05, 3.63) is 0 Å². The van der Waals surface area contributed by atoms with Gasteiger partial charge < -0.3 is 15.2 Å². The molecular formula is C15H31NO2. The van der Waals surface area contributed by atoms with Gasteiger partial charge in [-0.3, -0.25) is 0 Å². The molecule has 0 aromatic heterocycles. The van der Waals surface area contributed by atoms with E-state index in [2.05, 4.69) is 20.8 Å². The third kappa shape index (κ3) is 4.52. The maximum atomic E-state index is 6.17. The summed E-state index contributed by atoms with van der Waals surface area (Å²) in [4.78, 5) is 0. The fraction of sp³-hybridized carbons (Fsp3) is 1.00. The van der Waals surface area contributed by atoms with Gasteiger partial charge in [0.25, 0.3) is 0 Å². The Morgan fingerprint density at radius 2 is 1.89 bits per heavy atom. The van der Waals surface area contributed by atoms with E-state index in [4.69, 9.17) is 15.2 Å². The molecule has 1 aliphatic rings. The molecule has 1 saturated carbocycles. The smallest absolute Gasteiger partial charge is 0.0729 e. The molecule has 2 N–H and O–H groups in total. The van der Waals surface area contributed by atoms with E-state index in [9.17, 15) is 0 Å². The Hall–Kier alpha value is -0.120. The second-order valence-corrected chi connectivity index (χ2v) is 6.12. The molecule has 3 unspecified atom stereocenters. The molecule has 3 atom stereocenters. The van der Waals surface area contributed by atoms with Gasteiger partial charge in [-0.25, -0.2) is 0 Å². The van der Waals surface area contributed by atoms with E-state index in [1.807, 2.05) is 6.92 Å². The zero-order chi connectivity index (χ0) is 13.6. The van der Waals surface area contributed by atoms with Crippen LogP contribution in [-0.4, -0.2) is 32.0 Å². The molecule has 1 rings (SSSR count). The summed E-state index contributed by atoms with van der Waals surface area (Å²) in [5, 5.41) is 0. The van der Waals surface area contributed by atoms with Crippen LogP contribution in [0, 0.1) is 11.3 Å². The topological polar surface area (TPSA) is 44.5 Å². The number of ether oxygens (including phenoxy) is 2. The summed E-state index contributed by atoms with van der Waals surface area (Å²) in [6.07, 6.45) is 4.88. The Balaban J connectivity index is 2.41. The van der Waals surface area contributed by atoms with Gasteiger partial charge in [0.05, 0.1) is 19.3 Å². The third-order valence-electron chi connectivity index (χ3n) is 4.62. The Morgan fingerprint density at radius 1 is 1.17 bits per heavy atom. The maximum absolute atomic E-state index is 6.17. The fourth-order valence-electron chi connectivity index (χ4n) is 2.75. The second-order valence-electron chi connectivity index (χ2n) is 6.12. The van der Waals surface area contributed by atoms with Crippen molar-refractivity contribution in [3.8, 4) is 0 Å². The van der Waals surface area contributed by atoms with E-state index in [1.54, 1.807) is 0 Å². The lowest BCUT2D eigenvalue weighted by atomic mass is 9.68. The van der Waals surface area contributed by atoms with Crippen LogP contribution in [0.2, 0.25) is 0 Å². The van der Waals surface area contributed by atoms with Crippen LogP contribution in [0.5, 0.6) is 0 Å². The number of rotatable bonds is 7. The molecule has 0 amide bonds. The van der Waals surface area contributed by atoms with Crippen molar-refractivity contribution in [1.29, 1.82) is 0 Å². The first kappa shape index (κ1) is 15.9. The van der Waals surface area contributed by atoms with Crippen molar-refractivity contribution in [1.82, 2.24) is 0 Å². The molecule has 3 nitrogen and oxygen atoms in total. The first-order chi connectivity index (χ1) is 8.51. The molecule has 1 fully saturated rings. The van der Waals surface area contributed by atoms with Crippen molar-refractivity contribution in [2.75, 3.05) is 19.8 Å². The molecule has 0 aromatic rings. The van der Waals surface area contributed by atoms with Crippen molar-refractivity contribution in [2.45, 2.75) is 65.5 Å². The highest BCUT2D eigenvalue weighted by Crippen LogP contribution is 2.40. The van der Waals surface area contributed by atoms with Crippen LogP contribution in [0.15, 0.2) is 0 Å². The monoisotopic (exact) mass is 257 g/mol. The van der Waals surface area contributed by atoms with Gasteiger partial charge in [-0.1, -0.05) is 27.2 Å². The van der Waals surface area contributed by atoms with Crippen LogP contribution < -0.4 is 5.73 Å². The SMILES string of the molecule is CCOCCOC1CC(C(C)(C)CC)CCC1N. The van der Waals surface area contributed by atoms with Crippen LogP contribution in [-0.2, 0) is 9.47 Å². The molecule has 0 aromatic carbocycles. The molecule has 108 valence electrons. The molecule has 0 saturated heterocycles. The fourth-order valence-corrected chi connectivity index (χ4v) is 2.75. The standard InChI is InChI=1S/C15H31NO2/c1-5-15(3,4)12-7-8-13(16)14(11-12)18-10-9-17-6-2/h12-14H,5-11,16H2,1-4H3. The Bertz CT molecular complexity index is 231. The Morgan fingerprint density at radius 3 is 2.50 bits per heavy atom. The van der Waals surface area contributed by atoms with Crippen molar-refractivity contribution in [3.63, 3.8) is 0 Å². The van der Waals surface area contributed by atoms with Gasteiger partial charge in [-0.15, -0.1) is 0 Å². The predicted octanol–water partition coefficient (Wildman–Crippen LogP) is 2.97. The minimum absolute atomic E-state index is 0.204. The summed E-state index contributed by atoms with van der Waals surface area (Å²) in [5.74, 6) is 0.736. The molecule has 3 heteroatoms. The average Bonchev–Trinajstić information content (AvgIpc) is 2.36. The molecule has 0 bridgehead atoms. The van der Waals surface area contributed by atoms with E-state index in [-0.39, 0.29) is 12.1 Å². The van der Waals surface area contributed by atoms with E-state index in [0.29, 0.717) is 18.6 Å². The van der Waals surface area contributed by atoms with Crippen molar-refractivity contribution >= 4 is 0 Å². The van der Waals surface area contributed by atoms with Gasteiger partial charge in [-0.05, 0) is 37.5 Å². The van der Waals surface area contributed by atoms with Gasteiger partial charge in [0, 0.05) is 12.6 Å². The number of hydrogen-bond donors (Lipinski definition) is 1. The zero-order valence-corrected chi connectivity index (χ0v) is 12.6. The summed E-state index contributed by atoms with van der Waals surface area (Å²) in [7, 11) is 0. The maximum Gasteiger partial charge on any atom is 0.0729 e. The quantitative estimate of drug-likeness (QED) is 0.713. The Kier molecular flexibility index (Phi) is 6.61. The zero-order valence-electron chi connectivity index (χ0n) is 12.6. The first-order valence-corrected chi connectivity index (χ1v) is 7.46. The van der Waals surface area contributed by atoms with Crippen LogP contribution in [0.3, 0.4) is 0 Å². The van der Waals surface area contributed by atoms with Crippen LogP contribution in [0.25, 0.3) is 0 Å². The van der Waals surface area contributed by atoms with E-state index >= 15 is 0 Å². The molecule has 18 heavy (non-hydrogen) atoms. The third-order valence-corrected chi connectivity index (χ3v) is 4.62. The number of hydrogen-bond acceptors (Lipinski definition) is 3. The average molecular weight is 257 g/mol. The molecule has 0 heterocycles. The summed E-state index contributed by atoms with van der Waals surface area (Å²) >= 11 is 0. The van der Waals surface area contributed by atoms with E-state index in [0.717, 1.165) is 25.4 Å². The largest absolute Gasteiger partial charge is 0.379 e. The highest BCUT2D eigenvalue weighted by molar-refractivity contribution is 4.89. The van der Waals surface area contributed by atoms with Gasteiger partial charge in [0.15, 0.2) is 0 Å². The first-order valence-electron chi connectivity index (χ1n) is 7.46. The molecule has 0 radical (unpaired) electrons. The van der Waals surface area contributed by atoms with Gasteiger partial charge in [-0.2, -0.15) is 0 Å². The van der Waals surface area contributed by atoms with Gasteiger partial charge in [0.2, 0.25) is 0 Å². The number of nitrogens with two attached hydrogens (primary N) is 1. The second kappa shape index (κ2) is 7.46. The highest BCUT2D eigenvalue weighted by atomic mass is 16.5. The highest BCUT2D eigenvalue weighted by Gasteiger charge is 2.36. The predicted molar refractivity (Wildman–Crippen MR) is 75.6 cm³/mol. The van der Waals surface area contributed by atoms with E-state index in [1.165, 1.54) is 12.8 Å². The van der Waals surface area contributed by atoms with Gasteiger partial charge >= 0.3 is 0 Å². The van der Waals surface area contributed by atoms with Crippen molar-refractivity contribution in [2.24, 2.45) is 17.1 Å². The normalized spacial score (nSPS) is 29.5. The summed E-state index contributed by atoms with van der Waals surface area (Å²) < 4.78 is 11.2. The van der Waals surface area contributed by atoms with E-state index < -0.39 is 0 Å². The Labute approximate surface area is 112 Å². The lowest BCUT2D eigenvalue weighted by Crippen LogP contribution is -2.45. The van der Waals surface area contributed by atoms with Crippen LogP contribution in [0.4, 0.5) is 0 Å².